The first kappa shape index (κ1) is 11.1. The van der Waals surface area contributed by atoms with Crippen LogP contribution in [0.5, 0.6) is 5.75 Å². The van der Waals surface area contributed by atoms with Gasteiger partial charge in [0.2, 0.25) is 0 Å². The predicted molar refractivity (Wildman–Crippen MR) is 77.2 cm³/mol. The van der Waals surface area contributed by atoms with Gasteiger partial charge in [0.15, 0.2) is 0 Å². The molecule has 96 valence electrons. The molecule has 0 aromatic heterocycles. The van der Waals surface area contributed by atoms with Gasteiger partial charge in [-0.15, -0.1) is 0 Å². The molecule has 1 heteroatoms. The first-order chi connectivity index (χ1) is 9.37. The molecule has 4 rings (SSSR count). The number of hydrogen-bond donors (Lipinski definition) is 0. The smallest absolute Gasteiger partial charge is 0.127 e. The van der Waals surface area contributed by atoms with Crippen molar-refractivity contribution in [2.75, 3.05) is 0 Å². The van der Waals surface area contributed by atoms with Gasteiger partial charge in [0, 0.05) is 5.56 Å². The van der Waals surface area contributed by atoms with E-state index in [1.807, 2.05) is 0 Å². The lowest BCUT2D eigenvalue weighted by Gasteiger charge is -2.20. The summed E-state index contributed by atoms with van der Waals surface area (Å²) in [6.07, 6.45) is 5.18. The third kappa shape index (κ3) is 2.03. The van der Waals surface area contributed by atoms with E-state index in [9.17, 15) is 0 Å². The molecule has 0 saturated heterocycles. The number of ether oxygens (including phenoxy) is 1. The summed E-state index contributed by atoms with van der Waals surface area (Å²) < 4.78 is 6.42. The van der Waals surface area contributed by atoms with Crippen LogP contribution in [0.4, 0.5) is 0 Å². The van der Waals surface area contributed by atoms with Crippen molar-refractivity contribution in [2.45, 2.75) is 31.3 Å². The number of rotatable bonds is 4. The summed E-state index contributed by atoms with van der Waals surface area (Å²) in [7, 11) is 0. The van der Waals surface area contributed by atoms with Gasteiger partial charge in [-0.2, -0.15) is 0 Å². The zero-order valence-corrected chi connectivity index (χ0v) is 11.0. The van der Waals surface area contributed by atoms with Crippen molar-refractivity contribution in [3.8, 4) is 16.9 Å². The van der Waals surface area contributed by atoms with E-state index < -0.39 is 0 Å². The fraction of sp³-hybridized carbons (Fsp3) is 0.333. The van der Waals surface area contributed by atoms with Crippen LogP contribution in [0, 0.1) is 5.92 Å². The minimum Gasteiger partial charge on any atom is -0.486 e. The van der Waals surface area contributed by atoms with Gasteiger partial charge in [-0.05, 0) is 43.2 Å². The van der Waals surface area contributed by atoms with Crippen LogP contribution in [0.3, 0.4) is 0 Å². The van der Waals surface area contributed by atoms with Crippen molar-refractivity contribution in [3.63, 3.8) is 0 Å². The molecule has 0 aliphatic heterocycles. The third-order valence-electron chi connectivity index (χ3n) is 4.35. The quantitative estimate of drug-likeness (QED) is 0.766. The number of hydrogen-bond acceptors (Lipinski definition) is 1. The predicted octanol–water partition coefficient (Wildman–Crippen LogP) is 4.68. The molecule has 0 bridgehead atoms. The summed E-state index contributed by atoms with van der Waals surface area (Å²) in [6, 6.07) is 19.0. The average molecular weight is 250 g/mol. The van der Waals surface area contributed by atoms with E-state index in [1.165, 1.54) is 36.8 Å². The Morgan fingerprint density at radius 2 is 1.53 bits per heavy atom. The van der Waals surface area contributed by atoms with Gasteiger partial charge < -0.3 is 4.74 Å². The summed E-state index contributed by atoms with van der Waals surface area (Å²) in [5.74, 6) is 1.87. The second-order valence-corrected chi connectivity index (χ2v) is 5.80. The molecule has 2 aliphatic carbocycles. The molecule has 1 nitrogen and oxygen atoms in total. The highest BCUT2D eigenvalue weighted by Gasteiger charge is 2.56. The molecule has 0 heterocycles. The van der Waals surface area contributed by atoms with Gasteiger partial charge >= 0.3 is 0 Å². The standard InChI is InChI=1S/C18H18O/c1-2-6-14(7-3-1)16-8-4-5-9-17(16)19-18(12-13-18)15-10-11-15/h1-9,15H,10-13H2. The maximum Gasteiger partial charge on any atom is 0.127 e. The molecule has 2 aliphatic rings. The molecule has 0 atom stereocenters. The SMILES string of the molecule is c1ccc(-c2ccccc2OC2(C3CC3)CC2)cc1. The van der Waals surface area contributed by atoms with Crippen molar-refractivity contribution >= 4 is 0 Å². The zero-order valence-electron chi connectivity index (χ0n) is 11.0. The number of benzene rings is 2. The normalized spacial score (nSPS) is 20.0. The lowest BCUT2D eigenvalue weighted by Crippen LogP contribution is -2.20. The molecule has 0 radical (unpaired) electrons. The van der Waals surface area contributed by atoms with Crippen molar-refractivity contribution in [1.29, 1.82) is 0 Å². The van der Waals surface area contributed by atoms with Crippen LogP contribution in [0.25, 0.3) is 11.1 Å². The Hall–Kier alpha value is -1.76. The Morgan fingerprint density at radius 3 is 2.21 bits per heavy atom. The van der Waals surface area contributed by atoms with Gasteiger partial charge in [0.25, 0.3) is 0 Å². The van der Waals surface area contributed by atoms with Crippen molar-refractivity contribution in [1.82, 2.24) is 0 Å². The highest BCUT2D eigenvalue weighted by atomic mass is 16.5. The van der Waals surface area contributed by atoms with E-state index in [4.69, 9.17) is 4.74 Å². The van der Waals surface area contributed by atoms with E-state index in [0.29, 0.717) is 0 Å². The zero-order chi connectivity index (χ0) is 12.7. The van der Waals surface area contributed by atoms with Crippen LogP contribution in [-0.2, 0) is 0 Å². The van der Waals surface area contributed by atoms with Crippen molar-refractivity contribution in [2.24, 2.45) is 5.92 Å². The highest BCUT2D eigenvalue weighted by Crippen LogP contribution is 2.56. The molecular formula is C18H18O. The van der Waals surface area contributed by atoms with Gasteiger partial charge in [0.1, 0.15) is 11.4 Å². The Labute approximate surface area is 114 Å². The molecule has 19 heavy (non-hydrogen) atoms. The van der Waals surface area contributed by atoms with E-state index in [-0.39, 0.29) is 5.60 Å². The molecule has 2 aromatic rings. The minimum absolute atomic E-state index is 0.185. The lowest BCUT2D eigenvalue weighted by molar-refractivity contribution is 0.155. The topological polar surface area (TPSA) is 9.23 Å². The van der Waals surface area contributed by atoms with Crippen LogP contribution >= 0.6 is 0 Å². The lowest BCUT2D eigenvalue weighted by atomic mass is 10.0. The summed E-state index contributed by atoms with van der Waals surface area (Å²) in [5.41, 5.74) is 2.64. The molecule has 0 spiro atoms. The van der Waals surface area contributed by atoms with Gasteiger partial charge in [0.05, 0.1) is 0 Å². The Balaban J connectivity index is 1.69. The fourth-order valence-corrected chi connectivity index (χ4v) is 2.96. The number of para-hydroxylation sites is 1. The van der Waals surface area contributed by atoms with Crippen LogP contribution in [-0.4, -0.2) is 5.60 Å². The van der Waals surface area contributed by atoms with E-state index in [0.717, 1.165) is 11.7 Å². The van der Waals surface area contributed by atoms with Crippen LogP contribution in [0.15, 0.2) is 54.6 Å². The summed E-state index contributed by atoms with van der Waals surface area (Å²) in [5, 5.41) is 0. The molecule has 0 amide bonds. The van der Waals surface area contributed by atoms with E-state index >= 15 is 0 Å². The average Bonchev–Trinajstić information content (AvgIpc) is 3.34. The highest BCUT2D eigenvalue weighted by molar-refractivity contribution is 5.70. The first-order valence-electron chi connectivity index (χ1n) is 7.21. The molecular weight excluding hydrogens is 232 g/mol. The second kappa shape index (κ2) is 4.12. The van der Waals surface area contributed by atoms with Crippen LogP contribution < -0.4 is 4.74 Å². The first-order valence-corrected chi connectivity index (χ1v) is 7.21. The van der Waals surface area contributed by atoms with Crippen LogP contribution in [0.2, 0.25) is 0 Å². The molecule has 0 N–H and O–H groups in total. The fourth-order valence-electron chi connectivity index (χ4n) is 2.96. The molecule has 2 saturated carbocycles. The summed E-state index contributed by atoms with van der Waals surface area (Å²) in [6.45, 7) is 0. The second-order valence-electron chi connectivity index (χ2n) is 5.80. The molecule has 0 unspecified atom stereocenters. The molecule has 2 fully saturated rings. The van der Waals surface area contributed by atoms with E-state index in [2.05, 4.69) is 54.6 Å². The maximum absolute atomic E-state index is 6.42. The summed E-state index contributed by atoms with van der Waals surface area (Å²) in [4.78, 5) is 0. The largest absolute Gasteiger partial charge is 0.486 e. The van der Waals surface area contributed by atoms with Gasteiger partial charge in [-0.25, -0.2) is 0 Å². The van der Waals surface area contributed by atoms with Crippen LogP contribution in [0.1, 0.15) is 25.7 Å². The van der Waals surface area contributed by atoms with Crippen molar-refractivity contribution < 1.29 is 4.74 Å². The Kier molecular flexibility index (Phi) is 2.41. The Bertz CT molecular complexity index is 580. The van der Waals surface area contributed by atoms with Crippen molar-refractivity contribution in [3.05, 3.63) is 54.6 Å². The van der Waals surface area contributed by atoms with Gasteiger partial charge in [-0.3, -0.25) is 0 Å². The minimum atomic E-state index is 0.185. The third-order valence-corrected chi connectivity index (χ3v) is 4.35. The monoisotopic (exact) mass is 250 g/mol. The maximum atomic E-state index is 6.42. The van der Waals surface area contributed by atoms with Gasteiger partial charge in [-0.1, -0.05) is 48.5 Å². The molecule has 2 aromatic carbocycles. The Morgan fingerprint density at radius 1 is 0.842 bits per heavy atom. The summed E-state index contributed by atoms with van der Waals surface area (Å²) >= 11 is 0. The van der Waals surface area contributed by atoms with E-state index in [1.54, 1.807) is 0 Å².